The van der Waals surface area contributed by atoms with E-state index in [1.807, 2.05) is 12.3 Å². The molecule has 3 aromatic heterocycles. The van der Waals surface area contributed by atoms with Crippen LogP contribution in [0.2, 0.25) is 0 Å². The van der Waals surface area contributed by atoms with Crippen molar-refractivity contribution in [3.63, 3.8) is 0 Å². The van der Waals surface area contributed by atoms with Crippen molar-refractivity contribution in [1.82, 2.24) is 25.0 Å². The molecule has 3 N–H and O–H groups in total. The van der Waals surface area contributed by atoms with Gasteiger partial charge >= 0.3 is 0 Å². The second-order valence-corrected chi connectivity index (χ2v) is 8.76. The highest BCUT2D eigenvalue weighted by molar-refractivity contribution is 5.92. The molecule has 0 spiro atoms. The predicted octanol–water partition coefficient (Wildman–Crippen LogP) is 2.69. The Bertz CT molecular complexity index is 1440. The molecule has 2 aromatic carbocycles. The van der Waals surface area contributed by atoms with Crippen LogP contribution in [0.1, 0.15) is 11.4 Å². The van der Waals surface area contributed by atoms with E-state index in [1.165, 1.54) is 0 Å². The summed E-state index contributed by atoms with van der Waals surface area (Å²) in [6.45, 7) is 5.39. The second kappa shape index (κ2) is 8.95. The molecule has 0 saturated carbocycles. The summed E-state index contributed by atoms with van der Waals surface area (Å²) in [7, 11) is 0. The number of aromatic nitrogens is 4. The third-order valence-electron chi connectivity index (χ3n) is 6.56. The van der Waals surface area contributed by atoms with Gasteiger partial charge in [0.25, 0.3) is 11.5 Å². The van der Waals surface area contributed by atoms with Crippen LogP contribution in [0.5, 0.6) is 0 Å². The van der Waals surface area contributed by atoms with Crippen molar-refractivity contribution in [2.75, 3.05) is 26.2 Å². The number of pyridine rings is 2. The Kier molecular flexibility index (Phi) is 5.50. The lowest BCUT2D eigenvalue weighted by molar-refractivity contribution is -0.522. The van der Waals surface area contributed by atoms with Crippen LogP contribution in [-0.2, 0) is 13.1 Å². The number of benzene rings is 2. The van der Waals surface area contributed by atoms with Gasteiger partial charge in [-0.15, -0.1) is 0 Å². The van der Waals surface area contributed by atoms with E-state index in [2.05, 4.69) is 86.2 Å². The van der Waals surface area contributed by atoms with Gasteiger partial charge in [0, 0.05) is 49.6 Å². The molecule has 0 bridgehead atoms. The van der Waals surface area contributed by atoms with Crippen LogP contribution in [-0.4, -0.2) is 45.8 Å². The molecule has 0 aliphatic carbocycles. The van der Waals surface area contributed by atoms with Crippen LogP contribution in [0.3, 0.4) is 0 Å². The third-order valence-corrected chi connectivity index (χ3v) is 6.56. The van der Waals surface area contributed by atoms with E-state index in [0.717, 1.165) is 77.5 Å². The summed E-state index contributed by atoms with van der Waals surface area (Å²) >= 11 is 0. The first-order valence-corrected chi connectivity index (χ1v) is 11.8. The van der Waals surface area contributed by atoms with Crippen molar-refractivity contribution in [2.24, 2.45) is 5.73 Å². The molecule has 0 unspecified atom stereocenters. The molecule has 5 aromatic rings. The van der Waals surface area contributed by atoms with E-state index >= 15 is 0 Å². The van der Waals surface area contributed by atoms with Gasteiger partial charge in [-0.3, -0.25) is 9.88 Å². The average Bonchev–Trinajstić information content (AvgIpc) is 3.28. The summed E-state index contributed by atoms with van der Waals surface area (Å²) in [5, 5.41) is 9.63. The molecule has 1 aliphatic rings. The predicted molar refractivity (Wildman–Crippen MR) is 133 cm³/mol. The van der Waals surface area contributed by atoms with Crippen molar-refractivity contribution in [2.45, 2.75) is 13.1 Å². The average molecular weight is 451 g/mol. The molecule has 1 aliphatic heterocycles. The lowest BCUT2D eigenvalue weighted by atomic mass is 10.1. The molecule has 170 valence electrons. The first-order chi connectivity index (χ1) is 16.8. The van der Waals surface area contributed by atoms with E-state index in [-0.39, 0.29) is 0 Å². The van der Waals surface area contributed by atoms with E-state index in [9.17, 15) is 0 Å². The number of nitrogens with two attached hydrogens (primary N) is 1. The highest BCUT2D eigenvalue weighted by Crippen LogP contribution is 2.25. The van der Waals surface area contributed by atoms with Crippen molar-refractivity contribution in [1.29, 1.82) is 0 Å². The maximum atomic E-state index is 5.84. The van der Waals surface area contributed by atoms with Crippen LogP contribution in [0.4, 0.5) is 0 Å². The van der Waals surface area contributed by atoms with Crippen LogP contribution in [0.15, 0.2) is 79.1 Å². The van der Waals surface area contributed by atoms with Crippen LogP contribution in [0.25, 0.3) is 33.4 Å². The van der Waals surface area contributed by atoms with Crippen molar-refractivity contribution in [3.05, 3.63) is 90.5 Å². The quantitative estimate of drug-likeness (QED) is 0.403. The lowest BCUT2D eigenvalue weighted by Gasteiger charge is -2.25. The van der Waals surface area contributed by atoms with Gasteiger partial charge < -0.3 is 11.1 Å². The molecular formula is C27H28N7+. The molecule has 4 heterocycles. The summed E-state index contributed by atoms with van der Waals surface area (Å²) < 4.78 is 4.27. The Morgan fingerprint density at radius 1 is 0.941 bits per heavy atom. The highest BCUT2D eigenvalue weighted by Gasteiger charge is 2.26. The number of rotatable bonds is 5. The number of nitrogens with zero attached hydrogens (tertiary/aromatic N) is 5. The summed E-state index contributed by atoms with van der Waals surface area (Å²) in [5.74, 6) is 1.02. The Labute approximate surface area is 198 Å². The van der Waals surface area contributed by atoms with Gasteiger partial charge in [-0.05, 0) is 35.4 Å². The molecule has 0 radical (unpaired) electrons. The first-order valence-electron chi connectivity index (χ1n) is 11.8. The first kappa shape index (κ1) is 20.9. The van der Waals surface area contributed by atoms with Gasteiger partial charge in [-0.1, -0.05) is 47.1 Å². The molecule has 1 saturated heterocycles. The van der Waals surface area contributed by atoms with Crippen molar-refractivity contribution in [3.8, 4) is 16.8 Å². The molecule has 0 atom stereocenters. The molecule has 0 amide bonds. The number of fused-ring (bicyclic) bond motifs is 3. The normalized spacial score (nSPS) is 14.7. The van der Waals surface area contributed by atoms with E-state index in [0.29, 0.717) is 6.54 Å². The fourth-order valence-electron chi connectivity index (χ4n) is 4.69. The third kappa shape index (κ3) is 3.84. The van der Waals surface area contributed by atoms with Gasteiger partial charge in [0.15, 0.2) is 0 Å². The minimum Gasteiger partial charge on any atom is -0.326 e. The van der Waals surface area contributed by atoms with Crippen molar-refractivity contribution >= 4 is 16.6 Å². The van der Waals surface area contributed by atoms with Crippen LogP contribution in [0, 0.1) is 0 Å². The van der Waals surface area contributed by atoms with E-state index in [4.69, 9.17) is 15.8 Å². The fraction of sp³-hybridized carbons (Fsp3) is 0.222. The van der Waals surface area contributed by atoms with Gasteiger partial charge in [0.2, 0.25) is 0 Å². The van der Waals surface area contributed by atoms with Gasteiger partial charge in [-0.2, -0.15) is 4.40 Å². The minimum absolute atomic E-state index is 0.524. The Balaban J connectivity index is 1.56. The maximum absolute atomic E-state index is 5.84. The number of piperazine rings is 1. The SMILES string of the molecule is NCc1ccc(-n2nc(CN3CCNCC3)[n+]3ccc4ncc(-c5ccccc5)cc4c23)cc1. The molecule has 1 fully saturated rings. The zero-order valence-electron chi connectivity index (χ0n) is 19.1. The number of hydrogen-bond donors (Lipinski definition) is 2. The van der Waals surface area contributed by atoms with Gasteiger partial charge in [0.05, 0.1) is 23.6 Å². The summed E-state index contributed by atoms with van der Waals surface area (Å²) in [6.07, 6.45) is 4.05. The Morgan fingerprint density at radius 3 is 2.50 bits per heavy atom. The zero-order chi connectivity index (χ0) is 22.9. The summed E-state index contributed by atoms with van der Waals surface area (Å²) in [6, 6.07) is 23.0. The smallest absolute Gasteiger partial charge is 0.297 e. The Morgan fingerprint density at radius 2 is 1.74 bits per heavy atom. The summed E-state index contributed by atoms with van der Waals surface area (Å²) in [5.41, 5.74) is 12.2. The summed E-state index contributed by atoms with van der Waals surface area (Å²) in [4.78, 5) is 7.26. The van der Waals surface area contributed by atoms with Crippen molar-refractivity contribution < 1.29 is 4.40 Å². The standard InChI is InChI=1S/C27H28N7/c28-17-20-6-8-23(9-7-20)34-27-24-16-22(21-4-2-1-3-5-21)18-30-25(24)10-13-33(27)26(31-34)19-32-14-11-29-12-15-32/h1-10,13,16,18,29H,11-12,14-15,17,19,28H2/q+1. The number of hydrogen-bond acceptors (Lipinski definition) is 5. The van der Waals surface area contributed by atoms with E-state index in [1.54, 1.807) is 0 Å². The fourth-order valence-corrected chi connectivity index (χ4v) is 4.69. The van der Waals surface area contributed by atoms with Gasteiger partial charge in [0.1, 0.15) is 5.69 Å². The van der Waals surface area contributed by atoms with Crippen LogP contribution < -0.4 is 15.5 Å². The van der Waals surface area contributed by atoms with E-state index < -0.39 is 0 Å². The second-order valence-electron chi connectivity index (χ2n) is 8.76. The number of nitrogens with one attached hydrogen (secondary N) is 1. The highest BCUT2D eigenvalue weighted by atomic mass is 15.4. The maximum Gasteiger partial charge on any atom is 0.297 e. The van der Waals surface area contributed by atoms with Gasteiger partial charge in [-0.25, -0.2) is 0 Å². The molecule has 6 rings (SSSR count). The zero-order valence-corrected chi connectivity index (χ0v) is 19.1. The minimum atomic E-state index is 0.524. The lowest BCUT2D eigenvalue weighted by Crippen LogP contribution is -2.44. The monoisotopic (exact) mass is 450 g/mol. The molecule has 7 heteroatoms. The molecule has 7 nitrogen and oxygen atoms in total. The topological polar surface area (TPSA) is 76.1 Å². The largest absolute Gasteiger partial charge is 0.326 e. The molecule has 34 heavy (non-hydrogen) atoms. The Hall–Kier alpha value is -3.65. The molecular weight excluding hydrogens is 422 g/mol. The van der Waals surface area contributed by atoms with Crippen LogP contribution >= 0.6 is 0 Å².